The summed E-state index contributed by atoms with van der Waals surface area (Å²) in [6.07, 6.45) is 3.29. The third-order valence-electron chi connectivity index (χ3n) is 5.02. The molecule has 2 N–H and O–H groups in total. The highest BCUT2D eigenvalue weighted by atomic mass is 16.4. The number of carbonyl (C=O) groups excluding carboxylic acids is 2. The van der Waals surface area contributed by atoms with E-state index in [-0.39, 0.29) is 24.3 Å². The average molecular weight is 280 g/mol. The monoisotopic (exact) mass is 280 g/mol. The lowest BCUT2D eigenvalue weighted by Gasteiger charge is -2.22. The van der Waals surface area contributed by atoms with Crippen LogP contribution in [0.15, 0.2) is 0 Å². The molecule has 2 amide bonds. The van der Waals surface area contributed by atoms with Gasteiger partial charge in [0.1, 0.15) is 5.41 Å². The normalized spacial score (nSPS) is 30.9. The first kappa shape index (κ1) is 13.4. The van der Waals surface area contributed by atoms with Crippen LogP contribution in [0.1, 0.15) is 25.7 Å². The van der Waals surface area contributed by atoms with E-state index in [0.29, 0.717) is 25.3 Å². The predicted molar refractivity (Wildman–Crippen MR) is 69.7 cm³/mol. The van der Waals surface area contributed by atoms with Crippen LogP contribution in [0, 0.1) is 23.2 Å². The molecule has 3 rings (SSSR count). The number of hydrogen-bond acceptors (Lipinski definition) is 3. The molecule has 1 heterocycles. The molecule has 3 aliphatic rings. The second kappa shape index (κ2) is 4.46. The minimum atomic E-state index is -0.907. The van der Waals surface area contributed by atoms with Crippen LogP contribution in [0.5, 0.6) is 0 Å². The van der Waals surface area contributed by atoms with Crippen LogP contribution in [-0.4, -0.2) is 47.9 Å². The van der Waals surface area contributed by atoms with Crippen molar-refractivity contribution in [1.82, 2.24) is 10.2 Å². The van der Waals surface area contributed by atoms with Crippen LogP contribution >= 0.6 is 0 Å². The van der Waals surface area contributed by atoms with E-state index in [9.17, 15) is 19.5 Å². The van der Waals surface area contributed by atoms with Gasteiger partial charge < -0.3 is 15.3 Å². The maximum Gasteiger partial charge on any atom is 0.308 e. The zero-order valence-electron chi connectivity index (χ0n) is 11.6. The number of nitrogens with one attached hydrogen (secondary N) is 1. The highest BCUT2D eigenvalue weighted by Crippen LogP contribution is 2.50. The largest absolute Gasteiger partial charge is 0.481 e. The van der Waals surface area contributed by atoms with Crippen molar-refractivity contribution in [2.24, 2.45) is 23.2 Å². The summed E-state index contributed by atoms with van der Waals surface area (Å²) in [5, 5.41) is 11.9. The molecular weight excluding hydrogens is 260 g/mol. The van der Waals surface area contributed by atoms with Crippen LogP contribution in [-0.2, 0) is 14.4 Å². The van der Waals surface area contributed by atoms with E-state index in [1.54, 1.807) is 4.90 Å². The lowest BCUT2D eigenvalue weighted by molar-refractivity contribution is -0.144. The Morgan fingerprint density at radius 2 is 1.85 bits per heavy atom. The van der Waals surface area contributed by atoms with Gasteiger partial charge in [0.15, 0.2) is 0 Å². The summed E-state index contributed by atoms with van der Waals surface area (Å²) in [7, 11) is 1.53. The molecule has 2 atom stereocenters. The first-order chi connectivity index (χ1) is 9.49. The summed E-state index contributed by atoms with van der Waals surface area (Å²) in [5.74, 6) is -1.18. The standard InChI is InChI=1S/C14H20N2O4/c1-15-12(19)14(4-5-14)13(20)16-6-9(8-2-3-8)10(7-16)11(17)18/h8-10H,2-7H2,1H3,(H,15,19)(H,17,18)/t9-,10+/m1/s1. The lowest BCUT2D eigenvalue weighted by atomic mass is 9.92. The fourth-order valence-electron chi connectivity index (χ4n) is 3.46. The van der Waals surface area contributed by atoms with E-state index in [1.165, 1.54) is 7.05 Å². The van der Waals surface area contributed by atoms with Gasteiger partial charge in [-0.25, -0.2) is 0 Å². The van der Waals surface area contributed by atoms with Crippen LogP contribution in [0.4, 0.5) is 0 Å². The summed E-state index contributed by atoms with van der Waals surface area (Å²) >= 11 is 0. The quantitative estimate of drug-likeness (QED) is 0.714. The molecule has 0 radical (unpaired) electrons. The van der Waals surface area contributed by atoms with Crippen molar-refractivity contribution in [3.8, 4) is 0 Å². The number of carboxylic acids is 1. The fraction of sp³-hybridized carbons (Fsp3) is 0.786. The van der Waals surface area contributed by atoms with E-state index in [4.69, 9.17) is 0 Å². The van der Waals surface area contributed by atoms with Crippen LogP contribution in [0.3, 0.4) is 0 Å². The minimum absolute atomic E-state index is 0.0666. The first-order valence-corrected chi connectivity index (χ1v) is 7.24. The molecule has 0 spiro atoms. The summed E-state index contributed by atoms with van der Waals surface area (Å²) in [4.78, 5) is 37.4. The van der Waals surface area contributed by atoms with Crippen molar-refractivity contribution in [2.75, 3.05) is 20.1 Å². The summed E-state index contributed by atoms with van der Waals surface area (Å²) in [6, 6.07) is 0. The summed E-state index contributed by atoms with van der Waals surface area (Å²) < 4.78 is 0. The van der Waals surface area contributed by atoms with Gasteiger partial charge in [0.2, 0.25) is 11.8 Å². The number of amides is 2. The van der Waals surface area contributed by atoms with Crippen molar-refractivity contribution in [1.29, 1.82) is 0 Å². The van der Waals surface area contributed by atoms with Gasteiger partial charge in [-0.05, 0) is 37.5 Å². The molecule has 0 unspecified atom stereocenters. The molecule has 20 heavy (non-hydrogen) atoms. The third kappa shape index (κ3) is 1.98. The van der Waals surface area contributed by atoms with Gasteiger partial charge in [0.05, 0.1) is 5.92 Å². The SMILES string of the molecule is CNC(=O)C1(C(=O)N2C[C@H](C(=O)O)[C@@H](C3CC3)C2)CC1. The maximum atomic E-state index is 12.6. The molecule has 2 aliphatic carbocycles. The first-order valence-electron chi connectivity index (χ1n) is 7.24. The lowest BCUT2D eigenvalue weighted by Crippen LogP contribution is -2.43. The Balaban J connectivity index is 1.74. The number of likely N-dealkylation sites (tertiary alicyclic amines) is 1. The topological polar surface area (TPSA) is 86.7 Å². The van der Waals surface area contributed by atoms with Crippen molar-refractivity contribution in [3.63, 3.8) is 0 Å². The Labute approximate surface area is 117 Å². The number of carbonyl (C=O) groups is 3. The fourth-order valence-corrected chi connectivity index (χ4v) is 3.46. The molecule has 0 aromatic heterocycles. The summed E-state index contributed by atoms with van der Waals surface area (Å²) in [6.45, 7) is 0.757. The Kier molecular flexibility index (Phi) is 2.99. The van der Waals surface area contributed by atoms with Gasteiger partial charge in [0.25, 0.3) is 0 Å². The molecular formula is C14H20N2O4. The minimum Gasteiger partial charge on any atom is -0.481 e. The van der Waals surface area contributed by atoms with Gasteiger partial charge in [-0.1, -0.05) is 0 Å². The van der Waals surface area contributed by atoms with Gasteiger partial charge in [-0.3, -0.25) is 14.4 Å². The number of rotatable bonds is 4. The maximum absolute atomic E-state index is 12.6. The Morgan fingerprint density at radius 3 is 2.30 bits per heavy atom. The van der Waals surface area contributed by atoms with Gasteiger partial charge in [0, 0.05) is 20.1 Å². The average Bonchev–Trinajstić information content (AvgIpc) is 3.34. The number of carboxylic acid groups (broad SMARTS) is 1. The van der Waals surface area contributed by atoms with Gasteiger partial charge in [-0.15, -0.1) is 0 Å². The van der Waals surface area contributed by atoms with Crippen molar-refractivity contribution >= 4 is 17.8 Å². The summed E-state index contributed by atoms with van der Waals surface area (Å²) in [5.41, 5.74) is -0.907. The zero-order valence-corrected chi connectivity index (χ0v) is 11.6. The molecule has 0 aromatic carbocycles. The molecule has 1 saturated heterocycles. The third-order valence-corrected chi connectivity index (χ3v) is 5.02. The van der Waals surface area contributed by atoms with Crippen LogP contribution in [0.25, 0.3) is 0 Å². The second-order valence-electron chi connectivity index (χ2n) is 6.32. The highest BCUT2D eigenvalue weighted by Gasteiger charge is 2.59. The molecule has 6 heteroatoms. The van der Waals surface area contributed by atoms with Gasteiger partial charge >= 0.3 is 5.97 Å². The molecule has 0 bridgehead atoms. The van der Waals surface area contributed by atoms with Crippen LogP contribution in [0.2, 0.25) is 0 Å². The van der Waals surface area contributed by atoms with E-state index in [0.717, 1.165) is 12.8 Å². The number of nitrogens with zero attached hydrogens (tertiary/aromatic N) is 1. The number of hydrogen-bond donors (Lipinski definition) is 2. The van der Waals surface area contributed by atoms with E-state index < -0.39 is 17.3 Å². The second-order valence-corrected chi connectivity index (χ2v) is 6.32. The highest BCUT2D eigenvalue weighted by molar-refractivity contribution is 6.08. The van der Waals surface area contributed by atoms with E-state index in [1.807, 2.05) is 0 Å². The molecule has 6 nitrogen and oxygen atoms in total. The molecule has 3 fully saturated rings. The van der Waals surface area contributed by atoms with Gasteiger partial charge in [-0.2, -0.15) is 0 Å². The predicted octanol–water partition coefficient (Wildman–Crippen LogP) is 0.0818. The van der Waals surface area contributed by atoms with Crippen molar-refractivity contribution < 1.29 is 19.5 Å². The Hall–Kier alpha value is -1.59. The van der Waals surface area contributed by atoms with E-state index >= 15 is 0 Å². The van der Waals surface area contributed by atoms with Crippen molar-refractivity contribution in [2.45, 2.75) is 25.7 Å². The molecule has 2 saturated carbocycles. The Morgan fingerprint density at radius 1 is 1.20 bits per heavy atom. The molecule has 0 aromatic rings. The molecule has 110 valence electrons. The van der Waals surface area contributed by atoms with E-state index in [2.05, 4.69) is 5.32 Å². The number of aliphatic carboxylic acids is 1. The Bertz CT molecular complexity index is 468. The zero-order chi connectivity index (χ0) is 14.5. The van der Waals surface area contributed by atoms with Crippen molar-refractivity contribution in [3.05, 3.63) is 0 Å². The molecule has 1 aliphatic heterocycles. The van der Waals surface area contributed by atoms with Crippen LogP contribution < -0.4 is 5.32 Å². The smallest absolute Gasteiger partial charge is 0.308 e.